The lowest BCUT2D eigenvalue weighted by Gasteiger charge is -1.96. The molecule has 0 saturated carbocycles. The van der Waals surface area contributed by atoms with Gasteiger partial charge >= 0.3 is 0 Å². The quantitative estimate of drug-likeness (QED) is 0.504. The van der Waals surface area contributed by atoms with E-state index in [1.807, 2.05) is 24.4 Å². The Labute approximate surface area is 72.2 Å². The molecule has 0 amide bonds. The minimum absolute atomic E-state index is 1.01. The molecule has 11 heavy (non-hydrogen) atoms. The predicted octanol–water partition coefficient (Wildman–Crippen LogP) is 2.79. The molecule has 0 aromatic carbocycles. The van der Waals surface area contributed by atoms with Crippen LogP contribution in [-0.2, 0) is 0 Å². The van der Waals surface area contributed by atoms with Crippen LogP contribution in [0.15, 0.2) is 29.4 Å². The van der Waals surface area contributed by atoms with Crippen molar-refractivity contribution in [3.63, 3.8) is 0 Å². The summed E-state index contributed by atoms with van der Waals surface area (Å²) in [6, 6.07) is 5.98. The van der Waals surface area contributed by atoms with Gasteiger partial charge in [0.1, 0.15) is 0 Å². The van der Waals surface area contributed by atoms with Crippen molar-refractivity contribution in [2.45, 2.75) is 17.9 Å². The molecule has 1 heterocycles. The maximum Gasteiger partial charge on any atom is 0.0959 e. The average molecular weight is 166 g/mol. The van der Waals surface area contributed by atoms with Gasteiger partial charge in [-0.05, 0) is 24.3 Å². The van der Waals surface area contributed by atoms with Crippen molar-refractivity contribution < 1.29 is 0 Å². The highest BCUT2D eigenvalue weighted by Crippen LogP contribution is 2.14. The van der Waals surface area contributed by atoms with Crippen LogP contribution in [0, 0.1) is 6.92 Å². The van der Waals surface area contributed by atoms with Crippen molar-refractivity contribution in [3.05, 3.63) is 31.3 Å². The van der Waals surface area contributed by atoms with Gasteiger partial charge in [0.2, 0.25) is 0 Å². The molecule has 0 aliphatic rings. The van der Waals surface area contributed by atoms with Crippen molar-refractivity contribution in [3.8, 4) is 0 Å². The fourth-order valence-corrected chi connectivity index (χ4v) is 1.58. The molecule has 0 spiro atoms. The molecule has 0 fully saturated rings. The lowest BCUT2D eigenvalue weighted by atomic mass is 10.4. The van der Waals surface area contributed by atoms with E-state index < -0.39 is 0 Å². The summed E-state index contributed by atoms with van der Waals surface area (Å²) in [5.74, 6) is 1.13. The maximum atomic E-state index is 4.19. The van der Waals surface area contributed by atoms with Crippen LogP contribution in [0.4, 0.5) is 0 Å². The molecule has 0 saturated heterocycles. The van der Waals surface area contributed by atoms with E-state index in [0.717, 1.165) is 17.2 Å². The number of nitrogens with zero attached hydrogens (tertiary/aromatic N) is 1. The van der Waals surface area contributed by atoms with Crippen molar-refractivity contribution in [2.24, 2.45) is 0 Å². The molecule has 1 radical (unpaired) electrons. The lowest BCUT2D eigenvalue weighted by molar-refractivity contribution is 0.965. The summed E-state index contributed by atoms with van der Waals surface area (Å²) in [6.45, 7) is 3.78. The van der Waals surface area contributed by atoms with E-state index in [2.05, 4.69) is 11.9 Å². The predicted molar refractivity (Wildman–Crippen MR) is 49.6 cm³/mol. The largest absolute Gasteiger partial charge is 0.250 e. The summed E-state index contributed by atoms with van der Waals surface area (Å²) < 4.78 is 0. The molecule has 0 N–H and O–H groups in total. The van der Waals surface area contributed by atoms with E-state index in [1.54, 1.807) is 11.8 Å². The van der Waals surface area contributed by atoms with E-state index in [4.69, 9.17) is 0 Å². The van der Waals surface area contributed by atoms with Gasteiger partial charge in [0.05, 0.1) is 5.03 Å². The number of thioether (sulfide) groups is 1. The molecule has 59 valence electrons. The van der Waals surface area contributed by atoms with Gasteiger partial charge < -0.3 is 0 Å². The number of hydrogen-bond donors (Lipinski definition) is 0. The topological polar surface area (TPSA) is 12.9 Å². The fourth-order valence-electron chi connectivity index (χ4n) is 0.711. The molecule has 0 aliphatic carbocycles. The second-order valence-corrected chi connectivity index (χ2v) is 3.34. The molecule has 0 bridgehead atoms. The number of hydrogen-bond acceptors (Lipinski definition) is 2. The van der Waals surface area contributed by atoms with Crippen LogP contribution in [0.3, 0.4) is 0 Å². The van der Waals surface area contributed by atoms with Crippen LogP contribution in [0.2, 0.25) is 0 Å². The molecular weight excluding hydrogens is 154 g/mol. The minimum atomic E-state index is 1.01. The van der Waals surface area contributed by atoms with E-state index >= 15 is 0 Å². The number of pyridine rings is 1. The zero-order chi connectivity index (χ0) is 7.94. The first kappa shape index (κ1) is 8.60. The van der Waals surface area contributed by atoms with Crippen LogP contribution in [0.5, 0.6) is 0 Å². The van der Waals surface area contributed by atoms with Gasteiger partial charge in [-0.3, -0.25) is 0 Å². The Morgan fingerprint density at radius 2 is 2.36 bits per heavy atom. The maximum absolute atomic E-state index is 4.19. The lowest BCUT2D eigenvalue weighted by Crippen LogP contribution is -1.80. The van der Waals surface area contributed by atoms with E-state index in [9.17, 15) is 0 Å². The number of unbranched alkanes of at least 4 members (excludes halogenated alkanes) is 1. The average Bonchev–Trinajstić information content (AvgIpc) is 2.07. The smallest absolute Gasteiger partial charge is 0.0959 e. The van der Waals surface area contributed by atoms with Gasteiger partial charge in [-0.25, -0.2) is 4.98 Å². The van der Waals surface area contributed by atoms with Crippen LogP contribution in [0.1, 0.15) is 12.8 Å². The summed E-state index contributed by atoms with van der Waals surface area (Å²) >= 11 is 1.79. The van der Waals surface area contributed by atoms with Gasteiger partial charge in [-0.2, -0.15) is 0 Å². The molecule has 1 aromatic heterocycles. The Morgan fingerprint density at radius 1 is 1.45 bits per heavy atom. The van der Waals surface area contributed by atoms with Gasteiger partial charge in [-0.15, -0.1) is 11.8 Å². The van der Waals surface area contributed by atoms with E-state index in [0.29, 0.717) is 0 Å². The molecule has 1 nitrogen and oxygen atoms in total. The highest BCUT2D eigenvalue weighted by atomic mass is 32.2. The normalized spacial score (nSPS) is 9.91. The summed E-state index contributed by atoms with van der Waals surface area (Å²) in [6.07, 6.45) is 4.01. The Bertz CT molecular complexity index is 186. The van der Waals surface area contributed by atoms with Gasteiger partial charge in [0.25, 0.3) is 0 Å². The summed E-state index contributed by atoms with van der Waals surface area (Å²) in [4.78, 5) is 4.19. The second kappa shape index (κ2) is 5.19. The first-order valence-corrected chi connectivity index (χ1v) is 4.75. The van der Waals surface area contributed by atoms with Gasteiger partial charge in [0.15, 0.2) is 0 Å². The summed E-state index contributed by atoms with van der Waals surface area (Å²) in [5.41, 5.74) is 0. The van der Waals surface area contributed by atoms with Crippen molar-refractivity contribution in [1.82, 2.24) is 4.98 Å². The molecule has 1 rings (SSSR count). The number of rotatable bonds is 4. The molecule has 0 atom stereocenters. The summed E-state index contributed by atoms with van der Waals surface area (Å²) in [7, 11) is 0. The second-order valence-electron chi connectivity index (χ2n) is 2.22. The molecule has 1 aromatic rings. The zero-order valence-corrected chi connectivity index (χ0v) is 7.31. The van der Waals surface area contributed by atoms with Crippen molar-refractivity contribution in [1.29, 1.82) is 0 Å². The Hall–Kier alpha value is -0.500. The molecule has 0 unspecified atom stereocenters. The molecular formula is C9H12NS. The Morgan fingerprint density at radius 3 is 3.00 bits per heavy atom. The van der Waals surface area contributed by atoms with Crippen molar-refractivity contribution in [2.75, 3.05) is 5.75 Å². The third-order valence-corrected chi connectivity index (χ3v) is 2.31. The third-order valence-electron chi connectivity index (χ3n) is 1.28. The Balaban J connectivity index is 2.28. The zero-order valence-electron chi connectivity index (χ0n) is 6.49. The standard InChI is InChI=1S/C9H12NS/c1-2-3-8-11-9-6-4-5-7-10-9/h4-7H,1-3,8H2. The SMILES string of the molecule is [CH2]CCCSc1ccccn1. The fraction of sp³-hybridized carbons (Fsp3) is 0.333. The highest BCUT2D eigenvalue weighted by Gasteiger charge is 1.91. The molecule has 2 heteroatoms. The van der Waals surface area contributed by atoms with Crippen molar-refractivity contribution >= 4 is 11.8 Å². The van der Waals surface area contributed by atoms with E-state index in [1.165, 1.54) is 6.42 Å². The first-order chi connectivity index (χ1) is 5.43. The summed E-state index contributed by atoms with van der Waals surface area (Å²) in [5, 5.41) is 1.11. The van der Waals surface area contributed by atoms with Crippen LogP contribution in [0.25, 0.3) is 0 Å². The van der Waals surface area contributed by atoms with Gasteiger partial charge in [-0.1, -0.05) is 19.4 Å². The highest BCUT2D eigenvalue weighted by molar-refractivity contribution is 7.99. The van der Waals surface area contributed by atoms with Gasteiger partial charge in [0, 0.05) is 6.20 Å². The van der Waals surface area contributed by atoms with E-state index in [-0.39, 0.29) is 0 Å². The molecule has 0 aliphatic heterocycles. The minimum Gasteiger partial charge on any atom is -0.250 e. The first-order valence-electron chi connectivity index (χ1n) is 3.76. The van der Waals surface area contributed by atoms with Crippen LogP contribution >= 0.6 is 11.8 Å². The number of aromatic nitrogens is 1. The van der Waals surface area contributed by atoms with Crippen LogP contribution < -0.4 is 0 Å². The van der Waals surface area contributed by atoms with Crippen LogP contribution in [-0.4, -0.2) is 10.7 Å². The monoisotopic (exact) mass is 166 g/mol. The third kappa shape index (κ3) is 3.42. The Kier molecular flexibility index (Phi) is 4.06.